The van der Waals surface area contributed by atoms with Crippen molar-refractivity contribution in [2.45, 2.75) is 31.7 Å². The van der Waals surface area contributed by atoms with Crippen LogP contribution in [0.15, 0.2) is 30.3 Å². The third-order valence-corrected chi connectivity index (χ3v) is 2.33. The topological polar surface area (TPSA) is 29.1 Å². The fraction of sp³-hybridized carbons (Fsp3) is 0.417. The van der Waals surface area contributed by atoms with Crippen molar-refractivity contribution in [2.24, 2.45) is 0 Å². The van der Waals surface area contributed by atoms with E-state index < -0.39 is 5.38 Å². The predicted molar refractivity (Wildman–Crippen MR) is 63.1 cm³/mol. The molecule has 1 N–H and O–H groups in total. The van der Waals surface area contributed by atoms with E-state index in [4.69, 9.17) is 11.6 Å². The largest absolute Gasteiger partial charge is 0.353 e. The number of benzene rings is 1. The Labute approximate surface area is 95.6 Å². The van der Waals surface area contributed by atoms with Crippen LogP contribution < -0.4 is 5.32 Å². The molecule has 0 fully saturated rings. The molecule has 0 saturated carbocycles. The maximum atomic E-state index is 11.5. The molecule has 0 aliphatic rings. The molecule has 2 nitrogen and oxygen atoms in total. The van der Waals surface area contributed by atoms with E-state index in [0.717, 1.165) is 5.56 Å². The van der Waals surface area contributed by atoms with Gasteiger partial charge >= 0.3 is 0 Å². The van der Waals surface area contributed by atoms with Crippen LogP contribution in [0.3, 0.4) is 0 Å². The van der Waals surface area contributed by atoms with Gasteiger partial charge in [-0.05, 0) is 25.8 Å². The number of halogens is 1. The lowest BCUT2D eigenvalue weighted by Crippen LogP contribution is -2.37. The quantitative estimate of drug-likeness (QED) is 0.784. The molecule has 0 aromatic heterocycles. The molecule has 1 unspecified atom stereocenters. The van der Waals surface area contributed by atoms with Gasteiger partial charge in [-0.25, -0.2) is 0 Å². The van der Waals surface area contributed by atoms with Gasteiger partial charge in [0.1, 0.15) is 5.38 Å². The van der Waals surface area contributed by atoms with Gasteiger partial charge in [-0.3, -0.25) is 4.79 Å². The predicted octanol–water partition coefficient (Wildman–Crippen LogP) is 2.36. The monoisotopic (exact) mass is 225 g/mol. The van der Waals surface area contributed by atoms with Crippen LogP contribution in [0.1, 0.15) is 19.4 Å². The van der Waals surface area contributed by atoms with Crippen LogP contribution in [0.4, 0.5) is 0 Å². The molecule has 15 heavy (non-hydrogen) atoms. The van der Waals surface area contributed by atoms with E-state index >= 15 is 0 Å². The molecule has 1 aromatic carbocycles. The number of amides is 1. The molecule has 1 amide bonds. The van der Waals surface area contributed by atoms with Gasteiger partial charge in [-0.1, -0.05) is 30.3 Å². The minimum absolute atomic E-state index is 0.101. The Morgan fingerprint density at radius 2 is 1.93 bits per heavy atom. The van der Waals surface area contributed by atoms with Crippen LogP contribution in [0.5, 0.6) is 0 Å². The summed E-state index contributed by atoms with van der Waals surface area (Å²) in [4.78, 5) is 11.5. The molecule has 3 heteroatoms. The molecule has 0 spiro atoms. The summed E-state index contributed by atoms with van der Waals surface area (Å²) in [7, 11) is 0. The highest BCUT2D eigenvalue weighted by atomic mass is 35.5. The van der Waals surface area contributed by atoms with Gasteiger partial charge in [0.25, 0.3) is 0 Å². The third-order valence-electron chi connectivity index (χ3n) is 1.97. The maximum absolute atomic E-state index is 11.5. The number of carbonyl (C=O) groups excluding carboxylic acids is 1. The van der Waals surface area contributed by atoms with Gasteiger partial charge < -0.3 is 5.32 Å². The van der Waals surface area contributed by atoms with Crippen LogP contribution in [0.25, 0.3) is 0 Å². The van der Waals surface area contributed by atoms with Gasteiger partial charge in [0.2, 0.25) is 5.91 Å². The molecule has 0 radical (unpaired) electrons. The highest BCUT2D eigenvalue weighted by Gasteiger charge is 2.15. The van der Waals surface area contributed by atoms with E-state index in [1.807, 2.05) is 44.2 Å². The minimum atomic E-state index is -0.491. The van der Waals surface area contributed by atoms with Gasteiger partial charge in [0.05, 0.1) is 0 Å². The number of hydrogen-bond donors (Lipinski definition) is 1. The van der Waals surface area contributed by atoms with Crippen molar-refractivity contribution >= 4 is 17.5 Å². The first-order valence-electron chi connectivity index (χ1n) is 5.08. The van der Waals surface area contributed by atoms with Crippen molar-refractivity contribution in [2.75, 3.05) is 0 Å². The molecule has 82 valence electrons. The molecule has 1 rings (SSSR count). The lowest BCUT2D eigenvalue weighted by atomic mass is 10.1. The zero-order chi connectivity index (χ0) is 11.3. The second-order valence-electron chi connectivity index (χ2n) is 3.82. The van der Waals surface area contributed by atoms with Crippen LogP contribution in [0.2, 0.25) is 0 Å². The van der Waals surface area contributed by atoms with E-state index in [1.165, 1.54) is 0 Å². The van der Waals surface area contributed by atoms with Crippen molar-refractivity contribution in [3.63, 3.8) is 0 Å². The second-order valence-corrected chi connectivity index (χ2v) is 4.35. The summed E-state index contributed by atoms with van der Waals surface area (Å²) < 4.78 is 0. The smallest absolute Gasteiger partial charge is 0.238 e. The summed E-state index contributed by atoms with van der Waals surface area (Å²) in [5.41, 5.74) is 1.08. The fourth-order valence-corrected chi connectivity index (χ4v) is 1.53. The number of carbonyl (C=O) groups is 1. The zero-order valence-corrected chi connectivity index (χ0v) is 9.79. The summed E-state index contributed by atoms with van der Waals surface area (Å²) in [6, 6.07) is 9.91. The number of rotatable bonds is 4. The van der Waals surface area contributed by atoms with E-state index in [2.05, 4.69) is 5.32 Å². The van der Waals surface area contributed by atoms with Crippen molar-refractivity contribution in [3.8, 4) is 0 Å². The molecule has 0 saturated heterocycles. The van der Waals surface area contributed by atoms with E-state index in [-0.39, 0.29) is 11.9 Å². The Kier molecular flexibility index (Phi) is 4.63. The highest BCUT2D eigenvalue weighted by molar-refractivity contribution is 6.30. The molecular formula is C12H16ClNO. The average molecular weight is 226 g/mol. The lowest BCUT2D eigenvalue weighted by molar-refractivity contribution is -0.121. The van der Waals surface area contributed by atoms with Crippen molar-refractivity contribution in [1.82, 2.24) is 5.32 Å². The van der Waals surface area contributed by atoms with Gasteiger partial charge in [0.15, 0.2) is 0 Å². The fourth-order valence-electron chi connectivity index (χ4n) is 1.29. The molecule has 1 aromatic rings. The summed E-state index contributed by atoms with van der Waals surface area (Å²) in [5, 5.41) is 2.30. The Morgan fingerprint density at radius 1 is 1.33 bits per heavy atom. The second kappa shape index (κ2) is 5.76. The Hall–Kier alpha value is -1.02. The van der Waals surface area contributed by atoms with Crippen molar-refractivity contribution in [1.29, 1.82) is 0 Å². The van der Waals surface area contributed by atoms with E-state index in [1.54, 1.807) is 0 Å². The maximum Gasteiger partial charge on any atom is 0.238 e. The molecule has 0 bridgehead atoms. The zero-order valence-electron chi connectivity index (χ0n) is 9.03. The SMILES string of the molecule is CC(C)NC(=O)C(Cl)Cc1ccccc1. The first kappa shape index (κ1) is 12.1. The first-order valence-corrected chi connectivity index (χ1v) is 5.51. The minimum Gasteiger partial charge on any atom is -0.353 e. The van der Waals surface area contributed by atoms with Crippen molar-refractivity contribution in [3.05, 3.63) is 35.9 Å². The van der Waals surface area contributed by atoms with Gasteiger partial charge in [-0.2, -0.15) is 0 Å². The lowest BCUT2D eigenvalue weighted by Gasteiger charge is -2.12. The van der Waals surface area contributed by atoms with Gasteiger partial charge in [-0.15, -0.1) is 11.6 Å². The Balaban J connectivity index is 2.49. The normalized spacial score (nSPS) is 12.5. The summed E-state index contributed by atoms with van der Waals surface area (Å²) >= 11 is 6.00. The molecule has 0 aliphatic carbocycles. The van der Waals surface area contributed by atoms with E-state index in [9.17, 15) is 4.79 Å². The van der Waals surface area contributed by atoms with Crippen LogP contribution in [-0.2, 0) is 11.2 Å². The Bertz CT molecular complexity index is 311. The van der Waals surface area contributed by atoms with Crippen LogP contribution in [-0.4, -0.2) is 17.3 Å². The summed E-state index contributed by atoms with van der Waals surface area (Å²) in [6.45, 7) is 3.84. The third kappa shape index (κ3) is 4.34. The molecular weight excluding hydrogens is 210 g/mol. The standard InChI is InChI=1S/C12H16ClNO/c1-9(2)14-12(15)11(13)8-10-6-4-3-5-7-10/h3-7,9,11H,8H2,1-2H3,(H,14,15). The van der Waals surface area contributed by atoms with Gasteiger partial charge in [0, 0.05) is 6.04 Å². The summed E-state index contributed by atoms with van der Waals surface area (Å²) in [5.74, 6) is -0.101. The number of hydrogen-bond acceptors (Lipinski definition) is 1. The molecule has 0 heterocycles. The van der Waals surface area contributed by atoms with Crippen molar-refractivity contribution < 1.29 is 4.79 Å². The first-order chi connectivity index (χ1) is 7.09. The average Bonchev–Trinajstić information content (AvgIpc) is 2.18. The number of nitrogens with one attached hydrogen (secondary N) is 1. The highest BCUT2D eigenvalue weighted by Crippen LogP contribution is 2.08. The van der Waals surface area contributed by atoms with Crippen LogP contribution >= 0.6 is 11.6 Å². The number of alkyl halides is 1. The Morgan fingerprint density at radius 3 is 2.47 bits per heavy atom. The molecule has 1 atom stereocenters. The molecule has 0 aliphatic heterocycles. The summed E-state index contributed by atoms with van der Waals surface area (Å²) in [6.07, 6.45) is 0.570. The van der Waals surface area contributed by atoms with E-state index in [0.29, 0.717) is 6.42 Å². The van der Waals surface area contributed by atoms with Crippen LogP contribution in [0, 0.1) is 0 Å².